The SMILES string of the molecule is Cc1ccc(C(C)(C)c2ccc(C)c(C(=O)O)c2)cc1C(=O)O. The molecule has 4 nitrogen and oxygen atoms in total. The quantitative estimate of drug-likeness (QED) is 0.894. The Morgan fingerprint density at radius 1 is 0.783 bits per heavy atom. The first-order chi connectivity index (χ1) is 10.6. The van der Waals surface area contributed by atoms with Crippen molar-refractivity contribution < 1.29 is 19.8 Å². The van der Waals surface area contributed by atoms with Crippen molar-refractivity contribution in [3.63, 3.8) is 0 Å². The number of carboxylic acids is 2. The molecule has 2 rings (SSSR count). The van der Waals surface area contributed by atoms with E-state index in [0.717, 1.165) is 11.1 Å². The number of aryl methyl sites for hydroxylation is 2. The van der Waals surface area contributed by atoms with Gasteiger partial charge in [0.1, 0.15) is 0 Å². The first-order valence-corrected chi connectivity index (χ1v) is 7.33. The molecule has 0 bridgehead atoms. The normalized spacial score (nSPS) is 11.3. The van der Waals surface area contributed by atoms with Crippen LogP contribution in [0.4, 0.5) is 0 Å². The third-order valence-corrected chi connectivity index (χ3v) is 4.38. The summed E-state index contributed by atoms with van der Waals surface area (Å²) < 4.78 is 0. The van der Waals surface area contributed by atoms with Crippen LogP contribution >= 0.6 is 0 Å². The third-order valence-electron chi connectivity index (χ3n) is 4.38. The minimum Gasteiger partial charge on any atom is -0.478 e. The lowest BCUT2D eigenvalue weighted by Crippen LogP contribution is -2.20. The molecule has 0 atom stereocenters. The van der Waals surface area contributed by atoms with Crippen LogP contribution in [0, 0.1) is 13.8 Å². The predicted molar refractivity (Wildman–Crippen MR) is 88.4 cm³/mol. The second kappa shape index (κ2) is 5.88. The van der Waals surface area contributed by atoms with Crippen LogP contribution in [0.25, 0.3) is 0 Å². The molecular weight excluding hydrogens is 292 g/mol. The largest absolute Gasteiger partial charge is 0.478 e. The minimum atomic E-state index is -0.963. The van der Waals surface area contributed by atoms with Gasteiger partial charge in [0.05, 0.1) is 11.1 Å². The molecule has 0 unspecified atom stereocenters. The van der Waals surface area contributed by atoms with Crippen molar-refractivity contribution in [2.24, 2.45) is 0 Å². The fraction of sp³-hybridized carbons (Fsp3) is 0.263. The van der Waals surface area contributed by atoms with E-state index in [0.29, 0.717) is 11.1 Å². The van der Waals surface area contributed by atoms with E-state index in [9.17, 15) is 19.8 Å². The maximum atomic E-state index is 11.3. The average molecular weight is 312 g/mol. The van der Waals surface area contributed by atoms with Crippen LogP contribution < -0.4 is 0 Å². The van der Waals surface area contributed by atoms with Gasteiger partial charge < -0.3 is 10.2 Å². The van der Waals surface area contributed by atoms with Crippen LogP contribution in [0.5, 0.6) is 0 Å². The molecule has 0 aliphatic rings. The Labute approximate surface area is 135 Å². The van der Waals surface area contributed by atoms with Crippen molar-refractivity contribution in [2.45, 2.75) is 33.1 Å². The zero-order chi connectivity index (χ0) is 17.4. The van der Waals surface area contributed by atoms with Crippen molar-refractivity contribution in [1.29, 1.82) is 0 Å². The lowest BCUT2D eigenvalue weighted by molar-refractivity contribution is 0.0685. The Morgan fingerprint density at radius 3 is 1.43 bits per heavy atom. The van der Waals surface area contributed by atoms with Gasteiger partial charge in [-0.15, -0.1) is 0 Å². The Kier molecular flexibility index (Phi) is 4.28. The number of rotatable bonds is 4. The summed E-state index contributed by atoms with van der Waals surface area (Å²) in [6, 6.07) is 10.7. The van der Waals surface area contributed by atoms with Gasteiger partial charge in [-0.3, -0.25) is 0 Å². The smallest absolute Gasteiger partial charge is 0.335 e. The van der Waals surface area contributed by atoms with Crippen molar-refractivity contribution in [3.8, 4) is 0 Å². The first-order valence-electron chi connectivity index (χ1n) is 7.33. The van der Waals surface area contributed by atoms with Gasteiger partial charge in [0.15, 0.2) is 0 Å². The molecule has 0 aliphatic heterocycles. The number of hydrogen-bond acceptors (Lipinski definition) is 2. The van der Waals surface area contributed by atoms with Crippen LogP contribution in [0.2, 0.25) is 0 Å². The molecule has 0 saturated heterocycles. The molecule has 4 heteroatoms. The third kappa shape index (κ3) is 3.11. The van der Waals surface area contributed by atoms with Crippen LogP contribution in [-0.2, 0) is 5.41 Å². The van der Waals surface area contributed by atoms with E-state index in [-0.39, 0.29) is 11.1 Å². The van der Waals surface area contributed by atoms with Crippen LogP contribution in [0.3, 0.4) is 0 Å². The van der Waals surface area contributed by atoms with E-state index >= 15 is 0 Å². The second-order valence-electron chi connectivity index (χ2n) is 6.29. The highest BCUT2D eigenvalue weighted by molar-refractivity contribution is 5.90. The van der Waals surface area contributed by atoms with Crippen molar-refractivity contribution in [1.82, 2.24) is 0 Å². The van der Waals surface area contributed by atoms with Gasteiger partial charge in [-0.1, -0.05) is 38.1 Å². The number of aromatic carboxylic acids is 2. The van der Waals surface area contributed by atoms with E-state index in [1.807, 2.05) is 26.0 Å². The summed E-state index contributed by atoms with van der Waals surface area (Å²) in [7, 11) is 0. The molecule has 0 radical (unpaired) electrons. The summed E-state index contributed by atoms with van der Waals surface area (Å²) in [5.74, 6) is -1.93. The summed E-state index contributed by atoms with van der Waals surface area (Å²) in [5.41, 5.74) is 3.10. The lowest BCUT2D eigenvalue weighted by Gasteiger charge is -2.27. The number of hydrogen-bond donors (Lipinski definition) is 2. The molecule has 0 aromatic heterocycles. The van der Waals surface area contributed by atoms with Crippen molar-refractivity contribution in [2.75, 3.05) is 0 Å². The highest BCUT2D eigenvalue weighted by Gasteiger charge is 2.26. The zero-order valence-corrected chi connectivity index (χ0v) is 13.7. The molecule has 2 aromatic rings. The predicted octanol–water partition coefficient (Wildman–Crippen LogP) is 4.03. The zero-order valence-electron chi connectivity index (χ0n) is 13.7. The fourth-order valence-electron chi connectivity index (χ4n) is 2.65. The van der Waals surface area contributed by atoms with E-state index in [4.69, 9.17) is 0 Å². The summed E-state index contributed by atoms with van der Waals surface area (Å²) in [4.78, 5) is 22.7. The Hall–Kier alpha value is -2.62. The Balaban J connectivity index is 2.58. The second-order valence-corrected chi connectivity index (χ2v) is 6.29. The van der Waals surface area contributed by atoms with Gasteiger partial charge in [-0.05, 0) is 48.2 Å². The molecule has 0 amide bonds. The highest BCUT2D eigenvalue weighted by Crippen LogP contribution is 2.33. The number of carbonyl (C=O) groups is 2. The van der Waals surface area contributed by atoms with Gasteiger partial charge >= 0.3 is 11.9 Å². The standard InChI is InChI=1S/C19H20O4/c1-11-5-7-13(9-15(11)17(20)21)19(3,4)14-8-6-12(2)16(10-14)18(22)23/h5-10H,1-4H3,(H,20,21)(H,22,23). The topological polar surface area (TPSA) is 74.6 Å². The molecule has 23 heavy (non-hydrogen) atoms. The average Bonchev–Trinajstić information content (AvgIpc) is 2.47. The van der Waals surface area contributed by atoms with E-state index < -0.39 is 17.4 Å². The molecule has 2 N–H and O–H groups in total. The first kappa shape index (κ1) is 16.7. The van der Waals surface area contributed by atoms with Gasteiger partial charge in [0.25, 0.3) is 0 Å². The van der Waals surface area contributed by atoms with Gasteiger partial charge in [0, 0.05) is 5.41 Å². The van der Waals surface area contributed by atoms with E-state index in [2.05, 4.69) is 0 Å². The molecule has 0 fully saturated rings. The summed E-state index contributed by atoms with van der Waals surface area (Å²) >= 11 is 0. The van der Waals surface area contributed by atoms with Gasteiger partial charge in [-0.25, -0.2) is 9.59 Å². The monoisotopic (exact) mass is 312 g/mol. The fourth-order valence-corrected chi connectivity index (χ4v) is 2.65. The maximum Gasteiger partial charge on any atom is 0.335 e. The number of carboxylic acid groups (broad SMARTS) is 2. The Bertz CT molecular complexity index is 722. The molecular formula is C19H20O4. The number of benzene rings is 2. The van der Waals surface area contributed by atoms with Crippen LogP contribution in [-0.4, -0.2) is 22.2 Å². The van der Waals surface area contributed by atoms with Gasteiger partial charge in [-0.2, -0.15) is 0 Å². The molecule has 0 saturated carbocycles. The summed E-state index contributed by atoms with van der Waals surface area (Å²) in [6.45, 7) is 7.43. The molecule has 2 aromatic carbocycles. The van der Waals surface area contributed by atoms with Crippen molar-refractivity contribution >= 4 is 11.9 Å². The summed E-state index contributed by atoms with van der Waals surface area (Å²) in [5, 5.41) is 18.6. The van der Waals surface area contributed by atoms with E-state index in [1.54, 1.807) is 38.1 Å². The molecule has 0 aliphatic carbocycles. The highest BCUT2D eigenvalue weighted by atomic mass is 16.4. The maximum absolute atomic E-state index is 11.3. The van der Waals surface area contributed by atoms with Crippen LogP contribution in [0.15, 0.2) is 36.4 Å². The van der Waals surface area contributed by atoms with Gasteiger partial charge in [0.2, 0.25) is 0 Å². The molecule has 120 valence electrons. The van der Waals surface area contributed by atoms with Crippen LogP contribution in [0.1, 0.15) is 56.8 Å². The lowest BCUT2D eigenvalue weighted by atomic mass is 9.76. The Morgan fingerprint density at radius 2 is 1.13 bits per heavy atom. The minimum absolute atomic E-state index is 0.265. The summed E-state index contributed by atoms with van der Waals surface area (Å²) in [6.07, 6.45) is 0. The molecule has 0 spiro atoms. The van der Waals surface area contributed by atoms with E-state index in [1.165, 1.54) is 0 Å². The molecule has 0 heterocycles. The van der Waals surface area contributed by atoms with Crippen molar-refractivity contribution in [3.05, 3.63) is 69.8 Å².